The molecular formula is C13H22ClN3O3S. The number of hydrogen-bond donors (Lipinski definition) is 1. The molecule has 0 bridgehead atoms. The number of likely N-dealkylation sites (N-methyl/N-ethyl adjacent to an activating group) is 1. The number of nitrogens with zero attached hydrogens (tertiary/aromatic N) is 2. The molecule has 1 rings (SSSR count). The van der Waals surface area contributed by atoms with Crippen LogP contribution in [-0.4, -0.2) is 57.3 Å². The highest BCUT2D eigenvalue weighted by atomic mass is 35.5. The number of amides is 1. The number of carbonyl (C=O) groups excluding carboxylic acids is 1. The van der Waals surface area contributed by atoms with Gasteiger partial charge in [0, 0.05) is 39.3 Å². The number of nitrogens with two attached hydrogens (primary N) is 1. The average molecular weight is 336 g/mol. The molecule has 0 aromatic heterocycles. The molecule has 0 heterocycles. The van der Waals surface area contributed by atoms with Crippen molar-refractivity contribution in [1.82, 2.24) is 9.21 Å². The van der Waals surface area contributed by atoms with Crippen molar-refractivity contribution in [3.8, 4) is 0 Å². The normalized spacial score (nSPS) is 12.7. The number of halogens is 1. The molecule has 21 heavy (non-hydrogen) atoms. The number of sulfonamides is 1. The number of benzene rings is 1. The summed E-state index contributed by atoms with van der Waals surface area (Å²) in [5.74, 6) is -0.169. The lowest BCUT2D eigenvalue weighted by Gasteiger charge is -2.23. The lowest BCUT2D eigenvalue weighted by molar-refractivity contribution is 0.0827. The third-order valence-electron chi connectivity index (χ3n) is 3.15. The Balaban J connectivity index is 0.00000400. The van der Waals surface area contributed by atoms with Crippen molar-refractivity contribution in [3.05, 3.63) is 29.8 Å². The minimum Gasteiger partial charge on any atom is -0.345 e. The molecular weight excluding hydrogens is 314 g/mol. The summed E-state index contributed by atoms with van der Waals surface area (Å²) >= 11 is 0. The van der Waals surface area contributed by atoms with Crippen molar-refractivity contribution in [2.24, 2.45) is 5.73 Å². The smallest absolute Gasteiger partial charge is 0.253 e. The van der Waals surface area contributed by atoms with E-state index in [1.165, 1.54) is 40.5 Å². The first-order chi connectivity index (χ1) is 9.21. The highest BCUT2D eigenvalue weighted by Crippen LogP contribution is 2.17. The summed E-state index contributed by atoms with van der Waals surface area (Å²) in [5.41, 5.74) is 5.94. The Morgan fingerprint density at radius 3 is 2.05 bits per heavy atom. The van der Waals surface area contributed by atoms with Crippen molar-refractivity contribution in [2.75, 3.05) is 27.7 Å². The number of rotatable bonds is 5. The van der Waals surface area contributed by atoms with Gasteiger partial charge >= 0.3 is 0 Å². The monoisotopic (exact) mass is 335 g/mol. The summed E-state index contributed by atoms with van der Waals surface area (Å²) in [6.45, 7) is 1.98. The zero-order valence-electron chi connectivity index (χ0n) is 12.6. The minimum atomic E-state index is -3.58. The van der Waals surface area contributed by atoms with Gasteiger partial charge < -0.3 is 10.6 Å². The first-order valence-electron chi connectivity index (χ1n) is 6.21. The maximum Gasteiger partial charge on any atom is 0.253 e. The molecule has 1 amide bonds. The van der Waals surface area contributed by atoms with Crippen LogP contribution in [0, 0.1) is 0 Å². The largest absolute Gasteiger partial charge is 0.345 e. The van der Waals surface area contributed by atoms with E-state index in [2.05, 4.69) is 0 Å². The second-order valence-corrected chi connectivity index (χ2v) is 6.83. The van der Waals surface area contributed by atoms with Crippen molar-refractivity contribution >= 4 is 28.3 Å². The van der Waals surface area contributed by atoms with Crippen LogP contribution in [0.4, 0.5) is 0 Å². The predicted octanol–water partition coefficient (Wildman–Crippen LogP) is 0.778. The van der Waals surface area contributed by atoms with E-state index in [4.69, 9.17) is 5.73 Å². The SMILES string of the molecule is CC(CN)N(C)S(=O)(=O)c1ccc(C(=O)N(C)C)cc1.Cl. The Morgan fingerprint density at radius 1 is 1.19 bits per heavy atom. The molecule has 1 aromatic rings. The Morgan fingerprint density at radius 2 is 1.67 bits per heavy atom. The topological polar surface area (TPSA) is 83.7 Å². The lowest BCUT2D eigenvalue weighted by Crippen LogP contribution is -2.39. The van der Waals surface area contributed by atoms with Crippen LogP contribution < -0.4 is 5.73 Å². The molecule has 2 N–H and O–H groups in total. The van der Waals surface area contributed by atoms with Crippen LogP contribution >= 0.6 is 12.4 Å². The van der Waals surface area contributed by atoms with Gasteiger partial charge in [-0.25, -0.2) is 8.42 Å². The van der Waals surface area contributed by atoms with Crippen molar-refractivity contribution < 1.29 is 13.2 Å². The molecule has 0 aliphatic rings. The van der Waals surface area contributed by atoms with Gasteiger partial charge in [0.15, 0.2) is 0 Å². The van der Waals surface area contributed by atoms with Gasteiger partial charge in [0.05, 0.1) is 4.90 Å². The summed E-state index contributed by atoms with van der Waals surface area (Å²) in [4.78, 5) is 13.3. The molecule has 0 fully saturated rings. The van der Waals surface area contributed by atoms with Crippen LogP contribution in [0.25, 0.3) is 0 Å². The Bertz CT molecular complexity index is 573. The van der Waals surface area contributed by atoms with Crippen molar-refractivity contribution in [3.63, 3.8) is 0 Å². The van der Waals surface area contributed by atoms with Gasteiger partial charge in [0.1, 0.15) is 0 Å². The van der Waals surface area contributed by atoms with E-state index in [9.17, 15) is 13.2 Å². The molecule has 1 atom stereocenters. The summed E-state index contributed by atoms with van der Waals surface area (Å²) in [6, 6.07) is 5.60. The molecule has 0 spiro atoms. The van der Waals surface area contributed by atoms with Gasteiger partial charge in [0.25, 0.3) is 5.91 Å². The van der Waals surface area contributed by atoms with Gasteiger partial charge in [-0.1, -0.05) is 0 Å². The quantitative estimate of drug-likeness (QED) is 0.861. The second-order valence-electron chi connectivity index (χ2n) is 4.83. The van der Waals surface area contributed by atoms with Crippen LogP contribution in [0.3, 0.4) is 0 Å². The van der Waals surface area contributed by atoms with Crippen LogP contribution in [0.2, 0.25) is 0 Å². The molecule has 0 saturated carbocycles. The Labute approximate surface area is 132 Å². The lowest BCUT2D eigenvalue weighted by atomic mass is 10.2. The van der Waals surface area contributed by atoms with Gasteiger partial charge in [-0.15, -0.1) is 12.4 Å². The van der Waals surface area contributed by atoms with Crippen LogP contribution in [-0.2, 0) is 10.0 Å². The van der Waals surface area contributed by atoms with Crippen LogP contribution in [0.15, 0.2) is 29.2 Å². The Kier molecular flexibility index (Phi) is 7.32. The molecule has 6 nitrogen and oxygen atoms in total. The van der Waals surface area contributed by atoms with Crippen LogP contribution in [0.1, 0.15) is 17.3 Å². The maximum atomic E-state index is 12.3. The highest BCUT2D eigenvalue weighted by Gasteiger charge is 2.24. The standard InChI is InChI=1S/C13H21N3O3S.ClH/c1-10(9-14)16(4)20(18,19)12-7-5-11(6-8-12)13(17)15(2)3;/h5-8,10H,9,14H2,1-4H3;1H. The fraction of sp³-hybridized carbons (Fsp3) is 0.462. The van der Waals surface area contributed by atoms with Gasteiger partial charge in [-0.3, -0.25) is 4.79 Å². The van der Waals surface area contributed by atoms with Crippen LogP contribution in [0.5, 0.6) is 0 Å². The third-order valence-corrected chi connectivity index (χ3v) is 5.13. The van der Waals surface area contributed by atoms with Gasteiger partial charge in [-0.05, 0) is 31.2 Å². The predicted molar refractivity (Wildman–Crippen MR) is 85.2 cm³/mol. The first kappa shape index (κ1) is 19.9. The highest BCUT2D eigenvalue weighted by molar-refractivity contribution is 7.89. The summed E-state index contributed by atoms with van der Waals surface area (Å²) in [6.07, 6.45) is 0. The van der Waals surface area contributed by atoms with E-state index in [0.29, 0.717) is 5.56 Å². The van der Waals surface area contributed by atoms with E-state index < -0.39 is 10.0 Å². The fourth-order valence-electron chi connectivity index (χ4n) is 1.58. The second kappa shape index (κ2) is 7.74. The number of hydrogen-bond acceptors (Lipinski definition) is 4. The van der Waals surface area contributed by atoms with E-state index >= 15 is 0 Å². The van der Waals surface area contributed by atoms with E-state index in [0.717, 1.165) is 0 Å². The first-order valence-corrected chi connectivity index (χ1v) is 7.65. The summed E-state index contributed by atoms with van der Waals surface area (Å²) < 4.78 is 25.9. The van der Waals surface area contributed by atoms with Gasteiger partial charge in [0.2, 0.25) is 10.0 Å². The van der Waals surface area contributed by atoms with E-state index in [-0.39, 0.29) is 35.8 Å². The van der Waals surface area contributed by atoms with Crippen molar-refractivity contribution in [2.45, 2.75) is 17.9 Å². The Hall–Kier alpha value is -1.15. The van der Waals surface area contributed by atoms with E-state index in [1.807, 2.05) is 0 Å². The zero-order chi connectivity index (χ0) is 15.5. The third kappa shape index (κ3) is 4.41. The zero-order valence-corrected chi connectivity index (χ0v) is 14.2. The molecule has 8 heteroatoms. The molecule has 120 valence electrons. The average Bonchev–Trinajstić information content (AvgIpc) is 2.44. The molecule has 0 aliphatic heterocycles. The van der Waals surface area contributed by atoms with Crippen molar-refractivity contribution in [1.29, 1.82) is 0 Å². The molecule has 1 aromatic carbocycles. The molecule has 1 unspecified atom stereocenters. The van der Waals surface area contributed by atoms with E-state index in [1.54, 1.807) is 21.0 Å². The summed E-state index contributed by atoms with van der Waals surface area (Å²) in [7, 11) is 1.19. The summed E-state index contributed by atoms with van der Waals surface area (Å²) in [5, 5.41) is 0. The number of carbonyl (C=O) groups is 1. The fourth-order valence-corrected chi connectivity index (χ4v) is 2.95. The minimum absolute atomic E-state index is 0. The molecule has 0 radical (unpaired) electrons. The maximum absolute atomic E-state index is 12.3. The van der Waals surface area contributed by atoms with Gasteiger partial charge in [-0.2, -0.15) is 4.31 Å². The molecule has 0 aliphatic carbocycles. The molecule has 0 saturated heterocycles.